The predicted octanol–water partition coefficient (Wildman–Crippen LogP) is 2.35. The van der Waals surface area contributed by atoms with Crippen molar-refractivity contribution in [3.63, 3.8) is 0 Å². The molecule has 0 radical (unpaired) electrons. The van der Waals surface area contributed by atoms with E-state index in [1.807, 2.05) is 13.8 Å². The molecule has 0 aromatic carbocycles. The first kappa shape index (κ1) is 11.8. The zero-order valence-corrected chi connectivity index (χ0v) is 9.58. The topological polar surface area (TPSA) is 35.0 Å². The Morgan fingerprint density at radius 1 is 1.53 bits per heavy atom. The number of alkyl halides is 1. The van der Waals surface area contributed by atoms with E-state index in [1.54, 1.807) is 6.07 Å². The summed E-state index contributed by atoms with van der Waals surface area (Å²) in [4.78, 5) is 8.52. The second-order valence-electron chi connectivity index (χ2n) is 3.34. The summed E-state index contributed by atoms with van der Waals surface area (Å²) >= 11 is 5.72. The molecule has 0 atom stereocenters. The minimum Gasteiger partial charge on any atom is -0.464 e. The van der Waals surface area contributed by atoms with Crippen molar-refractivity contribution in [2.24, 2.45) is 0 Å². The van der Waals surface area contributed by atoms with Gasteiger partial charge in [-0.15, -0.1) is 18.0 Å². The molecule has 1 aromatic heterocycles. The maximum Gasteiger partial charge on any atom is 0.217 e. The third-order valence-electron chi connectivity index (χ3n) is 1.73. The summed E-state index contributed by atoms with van der Waals surface area (Å²) < 4.78 is 5.24. The molecule has 0 spiro atoms. The molecule has 1 heterocycles. The van der Waals surface area contributed by atoms with Crippen LogP contribution in [0.4, 0.5) is 0 Å². The molecule has 0 aliphatic rings. The number of ether oxygens (including phenoxy) is 1. The van der Waals surface area contributed by atoms with Gasteiger partial charge in [0, 0.05) is 12.0 Å². The van der Waals surface area contributed by atoms with Crippen molar-refractivity contribution < 1.29 is 4.74 Å². The molecule has 0 N–H and O–H groups in total. The lowest BCUT2D eigenvalue weighted by Crippen LogP contribution is -2.04. The standard InChI is InChI=1S/C11H13ClN2O/c1-4-5-15-10-6-9(7-12)13-11(14-10)8(2)3/h1,6,8H,5,7H2,2-3H3. The van der Waals surface area contributed by atoms with E-state index in [1.165, 1.54) is 0 Å². The van der Waals surface area contributed by atoms with Crippen LogP contribution in [0.5, 0.6) is 5.88 Å². The number of hydrogen-bond acceptors (Lipinski definition) is 3. The summed E-state index contributed by atoms with van der Waals surface area (Å²) in [5, 5.41) is 0. The zero-order valence-electron chi connectivity index (χ0n) is 8.83. The Bertz CT molecular complexity index is 371. The second-order valence-corrected chi connectivity index (χ2v) is 3.60. The predicted molar refractivity (Wildman–Crippen MR) is 60.0 cm³/mol. The van der Waals surface area contributed by atoms with Gasteiger partial charge in [-0.25, -0.2) is 4.98 Å². The van der Waals surface area contributed by atoms with Crippen LogP contribution in [0.25, 0.3) is 0 Å². The van der Waals surface area contributed by atoms with Gasteiger partial charge in [-0.3, -0.25) is 0 Å². The molecule has 3 nitrogen and oxygen atoms in total. The Morgan fingerprint density at radius 3 is 2.80 bits per heavy atom. The number of aromatic nitrogens is 2. The molecule has 0 bridgehead atoms. The highest BCUT2D eigenvalue weighted by Crippen LogP contribution is 2.16. The van der Waals surface area contributed by atoms with E-state index in [2.05, 4.69) is 15.9 Å². The lowest BCUT2D eigenvalue weighted by atomic mass is 10.2. The Hall–Kier alpha value is -1.27. The fraction of sp³-hybridized carbons (Fsp3) is 0.455. The SMILES string of the molecule is C#CCOc1cc(CCl)nc(C(C)C)n1. The van der Waals surface area contributed by atoms with Gasteiger partial charge in [0.15, 0.2) is 6.61 Å². The van der Waals surface area contributed by atoms with E-state index in [9.17, 15) is 0 Å². The summed E-state index contributed by atoms with van der Waals surface area (Å²) in [5.74, 6) is 4.18. The Kier molecular flexibility index (Phi) is 4.38. The molecule has 0 fully saturated rings. The monoisotopic (exact) mass is 224 g/mol. The fourth-order valence-electron chi connectivity index (χ4n) is 1.01. The largest absolute Gasteiger partial charge is 0.464 e. The molecule has 4 heteroatoms. The van der Waals surface area contributed by atoms with Crippen LogP contribution in [-0.2, 0) is 5.88 Å². The van der Waals surface area contributed by atoms with Crippen LogP contribution in [0.15, 0.2) is 6.07 Å². The van der Waals surface area contributed by atoms with Crippen LogP contribution in [0.2, 0.25) is 0 Å². The minimum absolute atomic E-state index is 0.205. The van der Waals surface area contributed by atoms with Crippen molar-refractivity contribution in [1.82, 2.24) is 9.97 Å². The van der Waals surface area contributed by atoms with Crippen molar-refractivity contribution in [2.75, 3.05) is 6.61 Å². The molecule has 0 saturated carbocycles. The highest BCUT2D eigenvalue weighted by molar-refractivity contribution is 6.16. The first-order valence-electron chi connectivity index (χ1n) is 4.67. The van der Waals surface area contributed by atoms with Crippen LogP contribution < -0.4 is 4.74 Å². The molecule has 0 unspecified atom stereocenters. The van der Waals surface area contributed by atoms with Gasteiger partial charge in [-0.1, -0.05) is 19.8 Å². The van der Waals surface area contributed by atoms with Crippen LogP contribution in [0.3, 0.4) is 0 Å². The maximum atomic E-state index is 5.72. The summed E-state index contributed by atoms with van der Waals surface area (Å²) in [6.45, 7) is 4.23. The van der Waals surface area contributed by atoms with Crippen molar-refractivity contribution in [1.29, 1.82) is 0 Å². The smallest absolute Gasteiger partial charge is 0.217 e. The van der Waals surface area contributed by atoms with Crippen molar-refractivity contribution in [2.45, 2.75) is 25.6 Å². The van der Waals surface area contributed by atoms with E-state index in [4.69, 9.17) is 22.8 Å². The molecular weight excluding hydrogens is 212 g/mol. The van der Waals surface area contributed by atoms with Crippen LogP contribution in [-0.4, -0.2) is 16.6 Å². The van der Waals surface area contributed by atoms with E-state index < -0.39 is 0 Å². The third-order valence-corrected chi connectivity index (χ3v) is 2.00. The van der Waals surface area contributed by atoms with E-state index in [0.717, 1.165) is 11.5 Å². The molecule has 0 aliphatic carbocycles. The first-order valence-corrected chi connectivity index (χ1v) is 5.21. The molecule has 15 heavy (non-hydrogen) atoms. The van der Waals surface area contributed by atoms with E-state index in [-0.39, 0.29) is 12.5 Å². The zero-order chi connectivity index (χ0) is 11.3. The van der Waals surface area contributed by atoms with Gasteiger partial charge in [0.1, 0.15) is 5.82 Å². The third kappa shape index (κ3) is 3.41. The van der Waals surface area contributed by atoms with Gasteiger partial charge in [0.2, 0.25) is 5.88 Å². The average Bonchev–Trinajstić information content (AvgIpc) is 2.25. The minimum atomic E-state index is 0.205. The number of hydrogen-bond donors (Lipinski definition) is 0. The lowest BCUT2D eigenvalue weighted by molar-refractivity contribution is 0.352. The highest BCUT2D eigenvalue weighted by atomic mass is 35.5. The molecule has 0 saturated heterocycles. The van der Waals surface area contributed by atoms with Gasteiger partial charge in [0.05, 0.1) is 11.6 Å². The summed E-state index contributed by atoms with van der Waals surface area (Å²) in [5.41, 5.74) is 0.752. The molecule has 0 aliphatic heterocycles. The molecular formula is C11H13ClN2O. The van der Waals surface area contributed by atoms with Crippen molar-refractivity contribution >= 4 is 11.6 Å². The van der Waals surface area contributed by atoms with Gasteiger partial charge in [0.25, 0.3) is 0 Å². The lowest BCUT2D eigenvalue weighted by Gasteiger charge is -2.08. The summed E-state index contributed by atoms with van der Waals surface area (Å²) in [7, 11) is 0. The van der Waals surface area contributed by atoms with Gasteiger partial charge >= 0.3 is 0 Å². The van der Waals surface area contributed by atoms with E-state index >= 15 is 0 Å². The molecule has 1 rings (SSSR count). The fourth-order valence-corrected chi connectivity index (χ4v) is 1.15. The van der Waals surface area contributed by atoms with Gasteiger partial charge in [-0.2, -0.15) is 4.98 Å². The number of nitrogens with zero attached hydrogens (tertiary/aromatic N) is 2. The van der Waals surface area contributed by atoms with Gasteiger partial charge in [-0.05, 0) is 0 Å². The average molecular weight is 225 g/mol. The quantitative estimate of drug-likeness (QED) is 0.582. The summed E-state index contributed by atoms with van der Waals surface area (Å²) in [6.07, 6.45) is 5.10. The Labute approximate surface area is 94.8 Å². The maximum absolute atomic E-state index is 5.72. The second kappa shape index (κ2) is 5.57. The van der Waals surface area contributed by atoms with Crippen molar-refractivity contribution in [3.8, 4) is 18.2 Å². The number of halogens is 1. The number of terminal acetylenes is 1. The first-order chi connectivity index (χ1) is 7.17. The Balaban J connectivity index is 2.96. The Morgan fingerprint density at radius 2 is 2.27 bits per heavy atom. The molecule has 80 valence electrons. The van der Waals surface area contributed by atoms with Crippen LogP contribution in [0.1, 0.15) is 31.3 Å². The molecule has 1 aromatic rings. The van der Waals surface area contributed by atoms with E-state index in [0.29, 0.717) is 11.8 Å². The normalized spacial score (nSPS) is 10.1. The number of rotatable bonds is 4. The van der Waals surface area contributed by atoms with Gasteiger partial charge < -0.3 is 4.74 Å². The van der Waals surface area contributed by atoms with Crippen LogP contribution >= 0.6 is 11.6 Å². The summed E-state index contributed by atoms with van der Waals surface area (Å²) in [6, 6.07) is 1.70. The van der Waals surface area contributed by atoms with Crippen LogP contribution in [0, 0.1) is 12.3 Å². The van der Waals surface area contributed by atoms with Crippen molar-refractivity contribution in [3.05, 3.63) is 17.6 Å². The molecule has 0 amide bonds. The highest BCUT2D eigenvalue weighted by Gasteiger charge is 2.07.